The number of fused-ring (bicyclic) bond motifs is 4. The van der Waals surface area contributed by atoms with Crippen molar-refractivity contribution in [1.82, 2.24) is 0 Å². The first-order valence-corrected chi connectivity index (χ1v) is 6.04. The standard InChI is InChI=1S/C15H18O/c1-10-12-6-8-15(2,3)13(10)5-4-11-7-9-16-14(11)12/h6-9,12-13H,1,4-5H2,2-3H3/t12-,13-/m1/s1. The van der Waals surface area contributed by atoms with E-state index in [9.17, 15) is 0 Å². The van der Waals surface area contributed by atoms with E-state index in [1.807, 2.05) is 6.26 Å². The molecule has 0 radical (unpaired) electrons. The molecular weight excluding hydrogens is 196 g/mol. The van der Waals surface area contributed by atoms with Gasteiger partial charge in [0.1, 0.15) is 5.76 Å². The first-order valence-electron chi connectivity index (χ1n) is 6.04. The molecule has 1 aromatic heterocycles. The number of hydrogen-bond donors (Lipinski definition) is 0. The fourth-order valence-corrected chi connectivity index (χ4v) is 3.22. The van der Waals surface area contributed by atoms with Gasteiger partial charge < -0.3 is 4.42 Å². The fraction of sp³-hybridized carbons (Fsp3) is 0.467. The predicted molar refractivity (Wildman–Crippen MR) is 65.3 cm³/mol. The second-order valence-electron chi connectivity index (χ2n) is 5.63. The van der Waals surface area contributed by atoms with Crippen LogP contribution in [-0.2, 0) is 6.42 Å². The van der Waals surface area contributed by atoms with Crippen LogP contribution in [0.2, 0.25) is 0 Å². The maximum absolute atomic E-state index is 5.65. The Hall–Kier alpha value is -1.24. The molecule has 0 saturated carbocycles. The summed E-state index contributed by atoms with van der Waals surface area (Å²) in [4.78, 5) is 0. The Bertz CT molecular complexity index is 462. The van der Waals surface area contributed by atoms with E-state index in [1.165, 1.54) is 17.6 Å². The quantitative estimate of drug-likeness (QED) is 0.593. The minimum Gasteiger partial charge on any atom is -0.468 e. The van der Waals surface area contributed by atoms with Crippen LogP contribution < -0.4 is 0 Å². The van der Waals surface area contributed by atoms with Crippen molar-refractivity contribution >= 4 is 0 Å². The molecule has 1 heterocycles. The van der Waals surface area contributed by atoms with Crippen LogP contribution in [0.3, 0.4) is 0 Å². The number of furan rings is 1. The molecule has 2 aliphatic carbocycles. The van der Waals surface area contributed by atoms with Gasteiger partial charge in [0.25, 0.3) is 0 Å². The third-order valence-corrected chi connectivity index (χ3v) is 4.23. The van der Waals surface area contributed by atoms with Gasteiger partial charge in [0, 0.05) is 0 Å². The Balaban J connectivity index is 2.14. The zero-order valence-electron chi connectivity index (χ0n) is 9.99. The summed E-state index contributed by atoms with van der Waals surface area (Å²) in [6.45, 7) is 8.94. The highest BCUT2D eigenvalue weighted by atomic mass is 16.3. The van der Waals surface area contributed by atoms with E-state index in [2.05, 4.69) is 38.6 Å². The molecule has 0 unspecified atom stereocenters. The molecule has 2 bridgehead atoms. The number of hydrogen-bond acceptors (Lipinski definition) is 1. The van der Waals surface area contributed by atoms with Gasteiger partial charge in [-0.15, -0.1) is 0 Å². The van der Waals surface area contributed by atoms with Gasteiger partial charge >= 0.3 is 0 Å². The summed E-state index contributed by atoms with van der Waals surface area (Å²) >= 11 is 0. The van der Waals surface area contributed by atoms with E-state index in [4.69, 9.17) is 4.42 Å². The Kier molecular flexibility index (Phi) is 1.95. The molecule has 2 aliphatic rings. The molecule has 1 aromatic rings. The van der Waals surface area contributed by atoms with Crippen molar-refractivity contribution in [1.29, 1.82) is 0 Å². The Morgan fingerprint density at radius 3 is 3.06 bits per heavy atom. The first-order chi connectivity index (χ1) is 7.59. The highest BCUT2D eigenvalue weighted by molar-refractivity contribution is 5.40. The van der Waals surface area contributed by atoms with Crippen molar-refractivity contribution in [2.45, 2.75) is 32.6 Å². The molecule has 0 saturated heterocycles. The lowest BCUT2D eigenvalue weighted by molar-refractivity contribution is 0.292. The summed E-state index contributed by atoms with van der Waals surface area (Å²) in [5.41, 5.74) is 2.95. The van der Waals surface area contributed by atoms with E-state index in [1.54, 1.807) is 0 Å². The zero-order valence-corrected chi connectivity index (χ0v) is 9.99. The second kappa shape index (κ2) is 3.13. The third kappa shape index (κ3) is 1.24. The summed E-state index contributed by atoms with van der Waals surface area (Å²) in [5, 5.41) is 0. The summed E-state index contributed by atoms with van der Waals surface area (Å²) in [5.74, 6) is 2.02. The SMILES string of the molecule is C=C1[C@H]2C=CC(C)(C)[C@@H]1CCc1ccoc12. The molecule has 0 aliphatic heterocycles. The minimum atomic E-state index is 0.247. The summed E-state index contributed by atoms with van der Waals surface area (Å²) in [6.07, 6.45) is 8.74. The van der Waals surface area contributed by atoms with E-state index in [-0.39, 0.29) is 5.41 Å². The van der Waals surface area contributed by atoms with E-state index < -0.39 is 0 Å². The molecule has 1 nitrogen and oxygen atoms in total. The molecule has 16 heavy (non-hydrogen) atoms. The van der Waals surface area contributed by atoms with Crippen molar-refractivity contribution in [2.75, 3.05) is 0 Å². The van der Waals surface area contributed by atoms with E-state index in [0.717, 1.165) is 12.2 Å². The Morgan fingerprint density at radius 1 is 1.44 bits per heavy atom. The van der Waals surface area contributed by atoms with Gasteiger partial charge in [0.05, 0.1) is 12.2 Å². The topological polar surface area (TPSA) is 13.1 Å². The van der Waals surface area contributed by atoms with Crippen LogP contribution in [0.25, 0.3) is 0 Å². The Labute approximate surface area is 96.8 Å². The smallest absolute Gasteiger partial charge is 0.117 e. The lowest BCUT2D eigenvalue weighted by atomic mass is 9.66. The van der Waals surface area contributed by atoms with Crippen LogP contribution in [0.1, 0.15) is 37.5 Å². The number of aryl methyl sites for hydroxylation is 1. The van der Waals surface area contributed by atoms with Crippen molar-refractivity contribution in [2.24, 2.45) is 11.3 Å². The molecule has 0 amide bonds. The molecule has 0 N–H and O–H groups in total. The summed E-state index contributed by atoms with van der Waals surface area (Å²) < 4.78 is 5.65. The van der Waals surface area contributed by atoms with Gasteiger partial charge in [-0.3, -0.25) is 0 Å². The van der Waals surface area contributed by atoms with Gasteiger partial charge in [-0.25, -0.2) is 0 Å². The Morgan fingerprint density at radius 2 is 2.25 bits per heavy atom. The minimum absolute atomic E-state index is 0.247. The molecule has 1 heteroatoms. The zero-order chi connectivity index (χ0) is 11.3. The third-order valence-electron chi connectivity index (χ3n) is 4.23. The fourth-order valence-electron chi connectivity index (χ4n) is 3.22. The lowest BCUT2D eigenvalue weighted by Crippen LogP contribution is -2.28. The van der Waals surface area contributed by atoms with Crippen molar-refractivity contribution in [3.63, 3.8) is 0 Å². The normalized spacial score (nSPS) is 31.0. The molecule has 84 valence electrons. The molecule has 2 atom stereocenters. The van der Waals surface area contributed by atoms with Crippen LogP contribution in [0.5, 0.6) is 0 Å². The van der Waals surface area contributed by atoms with Crippen LogP contribution in [0, 0.1) is 11.3 Å². The summed E-state index contributed by atoms with van der Waals surface area (Å²) in [7, 11) is 0. The largest absolute Gasteiger partial charge is 0.468 e. The van der Waals surface area contributed by atoms with Gasteiger partial charge in [-0.2, -0.15) is 0 Å². The number of allylic oxidation sites excluding steroid dienone is 3. The first kappa shape index (κ1) is 9.95. The van der Waals surface area contributed by atoms with Gasteiger partial charge in [-0.05, 0) is 35.8 Å². The monoisotopic (exact) mass is 214 g/mol. The highest BCUT2D eigenvalue weighted by Gasteiger charge is 2.39. The van der Waals surface area contributed by atoms with Gasteiger partial charge in [0.15, 0.2) is 0 Å². The predicted octanol–water partition coefficient (Wildman–Crippen LogP) is 4.08. The van der Waals surface area contributed by atoms with Crippen LogP contribution in [0.4, 0.5) is 0 Å². The van der Waals surface area contributed by atoms with Gasteiger partial charge in [-0.1, -0.05) is 38.2 Å². The van der Waals surface area contributed by atoms with Crippen LogP contribution in [0.15, 0.2) is 41.1 Å². The number of rotatable bonds is 0. The van der Waals surface area contributed by atoms with Crippen molar-refractivity contribution < 1.29 is 4.42 Å². The van der Waals surface area contributed by atoms with Gasteiger partial charge in [0.2, 0.25) is 0 Å². The second-order valence-corrected chi connectivity index (χ2v) is 5.63. The molecule has 3 rings (SSSR count). The average Bonchev–Trinajstić information content (AvgIpc) is 2.61. The van der Waals surface area contributed by atoms with Crippen molar-refractivity contribution in [3.8, 4) is 0 Å². The van der Waals surface area contributed by atoms with E-state index >= 15 is 0 Å². The highest BCUT2D eigenvalue weighted by Crippen LogP contribution is 2.49. The maximum atomic E-state index is 5.65. The maximum Gasteiger partial charge on any atom is 0.117 e. The van der Waals surface area contributed by atoms with Crippen LogP contribution in [-0.4, -0.2) is 0 Å². The molecular formula is C15H18O. The van der Waals surface area contributed by atoms with E-state index in [0.29, 0.717) is 11.8 Å². The average molecular weight is 214 g/mol. The lowest BCUT2D eigenvalue weighted by Gasteiger charge is -2.38. The van der Waals surface area contributed by atoms with Crippen LogP contribution >= 0.6 is 0 Å². The van der Waals surface area contributed by atoms with Crippen molar-refractivity contribution in [3.05, 3.63) is 48.0 Å². The molecule has 0 fully saturated rings. The summed E-state index contributed by atoms with van der Waals surface area (Å²) in [6, 6.07) is 2.12. The molecule has 0 spiro atoms. The molecule has 0 aromatic carbocycles.